The molecule has 3 aliphatic rings. The molecule has 2 saturated heterocycles. The number of pyridine rings is 1. The number of carbonyl (C=O) groups excluding carboxylic acids is 2. The van der Waals surface area contributed by atoms with E-state index in [1.54, 1.807) is 23.2 Å². The van der Waals surface area contributed by atoms with E-state index in [1.807, 2.05) is 4.90 Å². The number of amides is 2. The lowest BCUT2D eigenvalue weighted by atomic mass is 9.90. The monoisotopic (exact) mass is 480 g/mol. The molecule has 1 unspecified atom stereocenters. The van der Waals surface area contributed by atoms with Crippen LogP contribution in [0.15, 0.2) is 18.3 Å². The zero-order valence-corrected chi connectivity index (χ0v) is 19.7. The number of hydrogen-bond donors (Lipinski definition) is 1. The summed E-state index contributed by atoms with van der Waals surface area (Å²) in [7, 11) is 0. The third-order valence-corrected chi connectivity index (χ3v) is 7.68. The Morgan fingerprint density at radius 3 is 2.72 bits per heavy atom. The van der Waals surface area contributed by atoms with Crippen LogP contribution in [0.25, 0.3) is 6.08 Å². The van der Waals surface area contributed by atoms with E-state index in [-0.39, 0.29) is 28.5 Å². The van der Waals surface area contributed by atoms with Crippen molar-refractivity contribution in [3.05, 3.63) is 34.1 Å². The molecule has 0 radical (unpaired) electrons. The first kappa shape index (κ1) is 23.5. The quantitative estimate of drug-likeness (QED) is 0.500. The standard InChI is InChI=1S/C23H30Cl2N4O3/c24-18-14-17(15-26-22(18)25)2-3-20(31)29-10-4-21(32)28(12-13-29)9-1-8-27-11-7-23(5-6-23)19(30)16-27/h2-3,14-15,19,30H,1,4-13,16H2. The van der Waals surface area contributed by atoms with Gasteiger partial charge in [0.2, 0.25) is 11.8 Å². The Morgan fingerprint density at radius 1 is 1.19 bits per heavy atom. The average molecular weight is 481 g/mol. The maximum atomic E-state index is 12.6. The van der Waals surface area contributed by atoms with E-state index in [9.17, 15) is 14.7 Å². The molecule has 174 valence electrons. The summed E-state index contributed by atoms with van der Waals surface area (Å²) in [5.74, 6) is -0.0457. The van der Waals surface area contributed by atoms with Crippen LogP contribution in [0.4, 0.5) is 0 Å². The second-order valence-electron chi connectivity index (χ2n) is 9.11. The molecule has 0 aromatic carbocycles. The number of carbonyl (C=O) groups is 2. The highest BCUT2D eigenvalue weighted by Crippen LogP contribution is 2.53. The molecule has 1 aliphatic carbocycles. The van der Waals surface area contributed by atoms with Crippen molar-refractivity contribution in [1.29, 1.82) is 0 Å². The van der Waals surface area contributed by atoms with Crippen molar-refractivity contribution < 1.29 is 14.7 Å². The first-order valence-electron chi connectivity index (χ1n) is 11.3. The molecule has 1 N–H and O–H groups in total. The molecule has 4 rings (SSSR count). The van der Waals surface area contributed by atoms with Gasteiger partial charge in [-0.1, -0.05) is 23.2 Å². The second kappa shape index (κ2) is 10.1. The van der Waals surface area contributed by atoms with E-state index in [0.29, 0.717) is 43.2 Å². The van der Waals surface area contributed by atoms with Crippen molar-refractivity contribution in [3.8, 4) is 0 Å². The van der Waals surface area contributed by atoms with Crippen molar-refractivity contribution in [2.24, 2.45) is 5.41 Å². The number of rotatable bonds is 6. The van der Waals surface area contributed by atoms with Gasteiger partial charge >= 0.3 is 0 Å². The van der Waals surface area contributed by atoms with Gasteiger partial charge in [-0.05, 0) is 61.9 Å². The average Bonchev–Trinajstić information content (AvgIpc) is 3.58. The Kier molecular flexibility index (Phi) is 7.40. The van der Waals surface area contributed by atoms with Crippen LogP contribution in [-0.4, -0.2) is 88.5 Å². The Morgan fingerprint density at radius 2 is 2.00 bits per heavy atom. The van der Waals surface area contributed by atoms with Crippen molar-refractivity contribution in [1.82, 2.24) is 19.7 Å². The smallest absolute Gasteiger partial charge is 0.246 e. The lowest BCUT2D eigenvalue weighted by Gasteiger charge is -2.36. The highest BCUT2D eigenvalue weighted by atomic mass is 35.5. The summed E-state index contributed by atoms with van der Waals surface area (Å²) in [6.07, 6.45) is 9.11. The van der Waals surface area contributed by atoms with Crippen molar-refractivity contribution in [3.63, 3.8) is 0 Å². The Labute approximate surface area is 199 Å². The fraction of sp³-hybridized carbons (Fsp3) is 0.609. The summed E-state index contributed by atoms with van der Waals surface area (Å²) < 4.78 is 0. The summed E-state index contributed by atoms with van der Waals surface area (Å²) in [5, 5.41) is 10.9. The first-order chi connectivity index (χ1) is 15.4. The predicted octanol–water partition coefficient (Wildman–Crippen LogP) is 2.70. The van der Waals surface area contributed by atoms with Crippen LogP contribution in [0, 0.1) is 5.41 Å². The molecular formula is C23H30Cl2N4O3. The third kappa shape index (κ3) is 5.63. The minimum atomic E-state index is -0.205. The van der Waals surface area contributed by atoms with Crippen molar-refractivity contribution in [2.45, 2.75) is 38.2 Å². The van der Waals surface area contributed by atoms with Gasteiger partial charge in [0.25, 0.3) is 0 Å². The molecule has 9 heteroatoms. The van der Waals surface area contributed by atoms with Crippen LogP contribution in [0.3, 0.4) is 0 Å². The maximum Gasteiger partial charge on any atom is 0.246 e. The van der Waals surface area contributed by atoms with Gasteiger partial charge in [-0.25, -0.2) is 4.98 Å². The number of likely N-dealkylation sites (tertiary alicyclic amines) is 1. The number of aromatic nitrogens is 1. The fourth-order valence-corrected chi connectivity index (χ4v) is 4.91. The summed E-state index contributed by atoms with van der Waals surface area (Å²) >= 11 is 11.8. The molecule has 32 heavy (non-hydrogen) atoms. The molecule has 1 aromatic rings. The highest BCUT2D eigenvalue weighted by molar-refractivity contribution is 6.41. The van der Waals surface area contributed by atoms with Crippen LogP contribution in [0.1, 0.15) is 37.7 Å². The fourth-order valence-electron chi connectivity index (χ4n) is 4.63. The largest absolute Gasteiger partial charge is 0.391 e. The number of nitrogens with zero attached hydrogens (tertiary/aromatic N) is 4. The van der Waals surface area contributed by atoms with Gasteiger partial charge in [-0.2, -0.15) is 0 Å². The van der Waals surface area contributed by atoms with Gasteiger partial charge in [0.15, 0.2) is 0 Å². The SMILES string of the molecule is O=C(C=Cc1cnc(Cl)c(Cl)c1)N1CCC(=O)N(CCCN2CCC3(CC3)C(O)C2)CC1. The normalized spacial score (nSPS) is 23.7. The maximum absolute atomic E-state index is 12.6. The van der Waals surface area contributed by atoms with E-state index in [2.05, 4.69) is 9.88 Å². The molecule has 7 nitrogen and oxygen atoms in total. The Hall–Kier alpha value is -1.67. The van der Waals surface area contributed by atoms with E-state index in [4.69, 9.17) is 23.2 Å². The molecule has 1 aromatic heterocycles. The Balaban J connectivity index is 1.22. The number of hydrogen-bond acceptors (Lipinski definition) is 5. The molecule has 1 spiro atoms. The summed E-state index contributed by atoms with van der Waals surface area (Å²) in [6.45, 7) is 4.82. The minimum absolute atomic E-state index is 0.0913. The van der Waals surface area contributed by atoms with Crippen molar-refractivity contribution in [2.75, 3.05) is 45.8 Å². The first-order valence-corrected chi connectivity index (χ1v) is 12.1. The molecule has 3 fully saturated rings. The third-order valence-electron chi connectivity index (χ3n) is 6.99. The Bertz CT molecular complexity index is 890. The number of β-amino-alcohol motifs (C(OH)–C–C–N with tert-alkyl or cyclic N) is 1. The zero-order valence-electron chi connectivity index (χ0n) is 18.2. The van der Waals surface area contributed by atoms with E-state index >= 15 is 0 Å². The molecule has 2 amide bonds. The lowest BCUT2D eigenvalue weighted by Crippen LogP contribution is -2.46. The van der Waals surface area contributed by atoms with Gasteiger partial charge in [0, 0.05) is 51.4 Å². The van der Waals surface area contributed by atoms with E-state index in [0.717, 1.165) is 32.5 Å². The highest BCUT2D eigenvalue weighted by Gasteiger charge is 2.51. The van der Waals surface area contributed by atoms with Crippen LogP contribution >= 0.6 is 23.2 Å². The second-order valence-corrected chi connectivity index (χ2v) is 9.88. The molecule has 3 heterocycles. The van der Waals surface area contributed by atoms with Crippen LogP contribution < -0.4 is 0 Å². The summed E-state index contributed by atoms with van der Waals surface area (Å²) in [6, 6.07) is 1.65. The molecule has 0 bridgehead atoms. The molecule has 1 saturated carbocycles. The molecule has 2 aliphatic heterocycles. The van der Waals surface area contributed by atoms with Gasteiger partial charge in [-0.15, -0.1) is 0 Å². The van der Waals surface area contributed by atoms with Gasteiger partial charge < -0.3 is 19.8 Å². The van der Waals surface area contributed by atoms with Gasteiger partial charge in [-0.3, -0.25) is 9.59 Å². The lowest BCUT2D eigenvalue weighted by molar-refractivity contribution is -0.130. The van der Waals surface area contributed by atoms with E-state index in [1.165, 1.54) is 18.9 Å². The zero-order chi connectivity index (χ0) is 22.7. The topological polar surface area (TPSA) is 77.0 Å². The summed E-state index contributed by atoms with van der Waals surface area (Å²) in [5.41, 5.74) is 0.911. The number of halogens is 2. The van der Waals surface area contributed by atoms with Crippen LogP contribution in [-0.2, 0) is 9.59 Å². The van der Waals surface area contributed by atoms with E-state index < -0.39 is 0 Å². The minimum Gasteiger partial charge on any atom is -0.391 e. The van der Waals surface area contributed by atoms with Crippen LogP contribution in [0.2, 0.25) is 10.2 Å². The number of piperidine rings is 1. The predicted molar refractivity (Wildman–Crippen MR) is 124 cm³/mol. The van der Waals surface area contributed by atoms with Gasteiger partial charge in [0.05, 0.1) is 11.1 Å². The number of aliphatic hydroxyl groups is 1. The molecule has 1 atom stereocenters. The summed E-state index contributed by atoms with van der Waals surface area (Å²) in [4.78, 5) is 35.0. The van der Waals surface area contributed by atoms with Gasteiger partial charge in [0.1, 0.15) is 5.15 Å². The van der Waals surface area contributed by atoms with Crippen LogP contribution in [0.5, 0.6) is 0 Å². The number of aliphatic hydroxyl groups excluding tert-OH is 1. The molecular weight excluding hydrogens is 451 g/mol. The van der Waals surface area contributed by atoms with Crippen molar-refractivity contribution >= 4 is 41.1 Å².